The van der Waals surface area contributed by atoms with Crippen molar-refractivity contribution >= 4 is 39.2 Å². The first-order valence-electron chi connectivity index (χ1n) is 9.60. The Morgan fingerprint density at radius 3 is 2.58 bits per heavy atom. The van der Waals surface area contributed by atoms with Gasteiger partial charge in [0.15, 0.2) is 0 Å². The Bertz CT molecular complexity index is 1090. The van der Waals surface area contributed by atoms with Crippen molar-refractivity contribution in [1.82, 2.24) is 4.31 Å². The minimum Gasteiger partial charge on any atom is -0.495 e. The number of esters is 1. The molecular weight excluding hydrogens is 444 g/mol. The Morgan fingerprint density at radius 2 is 1.90 bits per heavy atom. The number of piperidine rings is 1. The number of carbonyl (C=O) groups excluding carboxylic acids is 2. The highest BCUT2D eigenvalue weighted by Gasteiger charge is 2.34. The van der Waals surface area contributed by atoms with Gasteiger partial charge in [-0.25, -0.2) is 13.2 Å². The van der Waals surface area contributed by atoms with Gasteiger partial charge in [0.2, 0.25) is 15.9 Å². The number of nitrogens with zero attached hydrogens (tertiary/aromatic N) is 1. The molecule has 8 nitrogen and oxygen atoms in total. The van der Waals surface area contributed by atoms with Crippen LogP contribution in [0.25, 0.3) is 0 Å². The van der Waals surface area contributed by atoms with Crippen LogP contribution in [-0.4, -0.2) is 51.9 Å². The molecule has 1 heterocycles. The van der Waals surface area contributed by atoms with Gasteiger partial charge in [-0.2, -0.15) is 4.31 Å². The van der Waals surface area contributed by atoms with Gasteiger partial charge < -0.3 is 14.8 Å². The Morgan fingerprint density at radius 1 is 1.16 bits per heavy atom. The summed E-state index contributed by atoms with van der Waals surface area (Å²) < 4.78 is 37.3. The van der Waals surface area contributed by atoms with Gasteiger partial charge in [0, 0.05) is 13.1 Å². The molecular formula is C21H23ClN2O6S. The van der Waals surface area contributed by atoms with Gasteiger partial charge in [0.25, 0.3) is 0 Å². The van der Waals surface area contributed by atoms with E-state index in [4.69, 9.17) is 21.1 Å². The molecule has 1 fully saturated rings. The Kier molecular flexibility index (Phi) is 7.19. The minimum absolute atomic E-state index is 0.0260. The number of hydrogen-bond donors (Lipinski definition) is 1. The molecule has 31 heavy (non-hydrogen) atoms. The molecule has 0 spiro atoms. The van der Waals surface area contributed by atoms with Crippen molar-refractivity contribution in [2.45, 2.75) is 17.7 Å². The van der Waals surface area contributed by atoms with Crippen LogP contribution in [0.3, 0.4) is 0 Å². The molecule has 1 aliphatic heterocycles. The van der Waals surface area contributed by atoms with Crippen LogP contribution in [0.15, 0.2) is 47.4 Å². The van der Waals surface area contributed by atoms with E-state index in [2.05, 4.69) is 5.32 Å². The van der Waals surface area contributed by atoms with E-state index in [-0.39, 0.29) is 27.9 Å². The van der Waals surface area contributed by atoms with Crippen LogP contribution < -0.4 is 10.1 Å². The summed E-state index contributed by atoms with van der Waals surface area (Å²) in [6, 6.07) is 10.8. The number of nitrogens with one attached hydrogen (secondary N) is 1. The summed E-state index contributed by atoms with van der Waals surface area (Å²) in [7, 11) is -1.13. The topological polar surface area (TPSA) is 102 Å². The number of halogens is 1. The van der Waals surface area contributed by atoms with E-state index in [9.17, 15) is 18.0 Å². The second kappa shape index (κ2) is 9.67. The summed E-state index contributed by atoms with van der Waals surface area (Å²) >= 11 is 6.09. The largest absolute Gasteiger partial charge is 0.495 e. The normalized spacial score (nSPS) is 17.1. The number of anilines is 1. The molecule has 0 saturated carbocycles. The number of hydrogen-bond acceptors (Lipinski definition) is 6. The second-order valence-electron chi connectivity index (χ2n) is 7.02. The molecule has 166 valence electrons. The van der Waals surface area contributed by atoms with E-state index in [1.54, 1.807) is 24.3 Å². The molecule has 10 heteroatoms. The van der Waals surface area contributed by atoms with E-state index >= 15 is 0 Å². The summed E-state index contributed by atoms with van der Waals surface area (Å²) in [4.78, 5) is 24.8. The lowest BCUT2D eigenvalue weighted by Crippen LogP contribution is -2.43. The molecule has 1 atom stereocenters. The molecule has 1 N–H and O–H groups in total. The third-order valence-corrected chi connectivity index (χ3v) is 7.26. The van der Waals surface area contributed by atoms with Crippen molar-refractivity contribution in [2.24, 2.45) is 5.92 Å². The lowest BCUT2D eigenvalue weighted by molar-refractivity contribution is -0.120. The SMILES string of the molecule is COC(=O)c1ccccc1NC(=O)[C@@H]1CCCN(S(=O)(=O)c2ccc(OC)c(Cl)c2)C1. The first-order chi connectivity index (χ1) is 14.8. The summed E-state index contributed by atoms with van der Waals surface area (Å²) in [6.45, 7) is 0.326. The van der Waals surface area contributed by atoms with Crippen LogP contribution >= 0.6 is 11.6 Å². The lowest BCUT2D eigenvalue weighted by Gasteiger charge is -2.31. The zero-order valence-corrected chi connectivity index (χ0v) is 18.7. The molecule has 2 aromatic rings. The highest BCUT2D eigenvalue weighted by molar-refractivity contribution is 7.89. The molecule has 0 unspecified atom stereocenters. The second-order valence-corrected chi connectivity index (χ2v) is 9.37. The number of para-hydroxylation sites is 1. The highest BCUT2D eigenvalue weighted by Crippen LogP contribution is 2.30. The number of amides is 1. The van der Waals surface area contributed by atoms with Gasteiger partial charge >= 0.3 is 5.97 Å². The van der Waals surface area contributed by atoms with Crippen LogP contribution in [0.1, 0.15) is 23.2 Å². The molecule has 3 rings (SSSR count). The molecule has 0 radical (unpaired) electrons. The van der Waals surface area contributed by atoms with Gasteiger partial charge in [-0.15, -0.1) is 0 Å². The van der Waals surface area contributed by atoms with Crippen LogP contribution in [0.2, 0.25) is 5.02 Å². The van der Waals surface area contributed by atoms with Crippen LogP contribution in [0, 0.1) is 5.92 Å². The first kappa shape index (κ1) is 23.1. The quantitative estimate of drug-likeness (QED) is 0.656. The number of rotatable bonds is 6. The maximum atomic E-state index is 13.1. The Balaban J connectivity index is 1.77. The van der Waals surface area contributed by atoms with E-state index in [1.807, 2.05) is 0 Å². The standard InChI is InChI=1S/C21H23ClN2O6S/c1-29-19-10-9-15(12-17(19)22)31(27,28)24-11-5-6-14(13-24)20(25)23-18-8-4-3-7-16(18)21(26)30-2/h3-4,7-10,12,14H,5-6,11,13H2,1-2H3,(H,23,25)/t14-/m1/s1. The molecule has 0 bridgehead atoms. The first-order valence-corrected chi connectivity index (χ1v) is 11.4. The van der Waals surface area contributed by atoms with Gasteiger partial charge in [0.05, 0.1) is 41.3 Å². The average molecular weight is 467 g/mol. The van der Waals surface area contributed by atoms with Crippen molar-refractivity contribution in [3.05, 3.63) is 53.1 Å². The average Bonchev–Trinajstić information content (AvgIpc) is 2.78. The summed E-state index contributed by atoms with van der Waals surface area (Å²) in [6.07, 6.45) is 1.06. The summed E-state index contributed by atoms with van der Waals surface area (Å²) in [5, 5.41) is 2.92. The molecule has 2 aromatic carbocycles. The van der Waals surface area contributed by atoms with E-state index in [1.165, 1.54) is 36.7 Å². The number of benzene rings is 2. The molecule has 1 amide bonds. The van der Waals surface area contributed by atoms with Crippen molar-refractivity contribution in [1.29, 1.82) is 0 Å². The van der Waals surface area contributed by atoms with Gasteiger partial charge in [-0.1, -0.05) is 23.7 Å². The van der Waals surface area contributed by atoms with Gasteiger partial charge in [-0.3, -0.25) is 4.79 Å². The Labute approximate surface area is 186 Å². The fourth-order valence-corrected chi connectivity index (χ4v) is 5.32. The number of ether oxygens (including phenoxy) is 2. The summed E-state index contributed by atoms with van der Waals surface area (Å²) in [5.74, 6) is -1.12. The van der Waals surface area contributed by atoms with E-state index in [0.29, 0.717) is 30.8 Å². The van der Waals surface area contributed by atoms with E-state index < -0.39 is 21.9 Å². The predicted molar refractivity (Wildman–Crippen MR) is 116 cm³/mol. The third kappa shape index (κ3) is 5.00. The van der Waals surface area contributed by atoms with Gasteiger partial charge in [-0.05, 0) is 43.2 Å². The van der Waals surface area contributed by atoms with Crippen LogP contribution in [0.5, 0.6) is 5.75 Å². The number of carbonyl (C=O) groups is 2. The molecule has 0 aromatic heterocycles. The van der Waals surface area contributed by atoms with Crippen LogP contribution in [-0.2, 0) is 19.6 Å². The maximum Gasteiger partial charge on any atom is 0.339 e. The fraction of sp³-hybridized carbons (Fsp3) is 0.333. The van der Waals surface area contributed by atoms with Crippen molar-refractivity contribution < 1.29 is 27.5 Å². The molecule has 1 aliphatic rings. The van der Waals surface area contributed by atoms with Gasteiger partial charge in [0.1, 0.15) is 5.75 Å². The Hall–Kier alpha value is -2.62. The van der Waals surface area contributed by atoms with Crippen molar-refractivity contribution in [3.8, 4) is 5.75 Å². The predicted octanol–water partition coefficient (Wildman–Crippen LogP) is 3.17. The molecule has 0 aliphatic carbocycles. The fourth-order valence-electron chi connectivity index (χ4n) is 3.45. The van der Waals surface area contributed by atoms with Crippen molar-refractivity contribution in [2.75, 3.05) is 32.6 Å². The smallest absolute Gasteiger partial charge is 0.339 e. The number of methoxy groups -OCH3 is 2. The number of sulfonamides is 1. The molecule has 1 saturated heterocycles. The highest BCUT2D eigenvalue weighted by atomic mass is 35.5. The zero-order chi connectivity index (χ0) is 22.6. The third-order valence-electron chi connectivity index (χ3n) is 5.11. The maximum absolute atomic E-state index is 13.1. The lowest BCUT2D eigenvalue weighted by atomic mass is 9.98. The van der Waals surface area contributed by atoms with E-state index in [0.717, 1.165) is 0 Å². The van der Waals surface area contributed by atoms with Crippen LogP contribution in [0.4, 0.5) is 5.69 Å². The van der Waals surface area contributed by atoms with Crippen molar-refractivity contribution in [3.63, 3.8) is 0 Å². The minimum atomic E-state index is -3.84. The summed E-state index contributed by atoms with van der Waals surface area (Å²) in [5.41, 5.74) is 0.549. The monoisotopic (exact) mass is 466 g/mol. The zero-order valence-electron chi connectivity index (χ0n) is 17.1.